The quantitative estimate of drug-likeness (QED) is 0.713. The van der Waals surface area contributed by atoms with E-state index >= 15 is 0 Å². The number of nitrogens with zero attached hydrogens (tertiary/aromatic N) is 1. The van der Waals surface area contributed by atoms with Crippen LogP contribution in [-0.2, 0) is 4.79 Å². The summed E-state index contributed by atoms with van der Waals surface area (Å²) in [5.74, 6) is -0.887. The lowest BCUT2D eigenvalue weighted by Gasteiger charge is -2.45. The molecule has 2 aliphatic heterocycles. The number of fused-ring (bicyclic) bond motifs is 1. The zero-order valence-corrected chi connectivity index (χ0v) is 8.98. The van der Waals surface area contributed by atoms with E-state index in [1.54, 1.807) is 0 Å². The third kappa shape index (κ3) is 2.49. The summed E-state index contributed by atoms with van der Waals surface area (Å²) in [5.41, 5.74) is -0.954. The number of carboxylic acids is 1. The van der Waals surface area contributed by atoms with E-state index in [0.717, 1.165) is 19.5 Å². The fourth-order valence-electron chi connectivity index (χ4n) is 2.92. The largest absolute Gasteiger partial charge is 0.481 e. The number of hydrogen-bond donors (Lipinski definition) is 2. The summed E-state index contributed by atoms with van der Waals surface area (Å²) in [4.78, 5) is 13.1. The Morgan fingerprint density at radius 2 is 2.20 bits per heavy atom. The van der Waals surface area contributed by atoms with Crippen LogP contribution in [0.2, 0.25) is 0 Å². The number of hydrogen-bond acceptors (Lipinski definition) is 3. The SMILES string of the molecule is O=C(O)CC1(O)CCN2CCCCC2C1. The summed E-state index contributed by atoms with van der Waals surface area (Å²) in [6.07, 6.45) is 4.71. The first-order chi connectivity index (χ1) is 7.09. The number of aliphatic hydroxyl groups is 1. The third-order valence-corrected chi connectivity index (χ3v) is 3.71. The van der Waals surface area contributed by atoms with Crippen LogP contribution in [0.1, 0.15) is 38.5 Å². The molecule has 0 aromatic heterocycles. The Morgan fingerprint density at radius 3 is 2.93 bits per heavy atom. The van der Waals surface area contributed by atoms with Crippen LogP contribution >= 0.6 is 0 Å². The average Bonchev–Trinajstić information content (AvgIpc) is 2.15. The molecule has 0 radical (unpaired) electrons. The van der Waals surface area contributed by atoms with Gasteiger partial charge in [0.1, 0.15) is 0 Å². The Labute approximate surface area is 89.9 Å². The van der Waals surface area contributed by atoms with Crippen molar-refractivity contribution in [3.05, 3.63) is 0 Å². The van der Waals surface area contributed by atoms with E-state index in [1.165, 1.54) is 12.8 Å². The van der Waals surface area contributed by atoms with Crippen molar-refractivity contribution >= 4 is 5.97 Å². The van der Waals surface area contributed by atoms with Crippen molar-refractivity contribution < 1.29 is 15.0 Å². The summed E-state index contributed by atoms with van der Waals surface area (Å²) in [6.45, 7) is 1.97. The van der Waals surface area contributed by atoms with Gasteiger partial charge in [0.25, 0.3) is 0 Å². The Hall–Kier alpha value is -0.610. The fourth-order valence-corrected chi connectivity index (χ4v) is 2.92. The van der Waals surface area contributed by atoms with Crippen molar-refractivity contribution in [1.29, 1.82) is 0 Å². The van der Waals surface area contributed by atoms with Gasteiger partial charge in [-0.25, -0.2) is 0 Å². The standard InChI is InChI=1S/C11H19NO3/c13-10(14)8-11(15)4-6-12-5-2-1-3-9(12)7-11/h9,15H,1-8H2,(H,13,14). The highest BCUT2D eigenvalue weighted by atomic mass is 16.4. The second-order valence-electron chi connectivity index (χ2n) is 4.93. The summed E-state index contributed by atoms with van der Waals surface area (Å²) < 4.78 is 0. The first-order valence-corrected chi connectivity index (χ1v) is 5.77. The Balaban J connectivity index is 1.97. The van der Waals surface area contributed by atoms with E-state index in [4.69, 9.17) is 5.11 Å². The Morgan fingerprint density at radius 1 is 1.40 bits per heavy atom. The van der Waals surface area contributed by atoms with E-state index in [9.17, 15) is 9.90 Å². The van der Waals surface area contributed by atoms with Gasteiger partial charge in [-0.2, -0.15) is 0 Å². The summed E-state index contributed by atoms with van der Waals surface area (Å²) in [5, 5.41) is 18.9. The number of aliphatic carboxylic acids is 1. The Bertz CT molecular complexity index is 256. The van der Waals surface area contributed by atoms with E-state index < -0.39 is 11.6 Å². The molecule has 0 aliphatic carbocycles. The smallest absolute Gasteiger partial charge is 0.306 e. The molecule has 2 atom stereocenters. The molecular formula is C11H19NO3. The van der Waals surface area contributed by atoms with Gasteiger partial charge in [-0.05, 0) is 32.2 Å². The number of carbonyl (C=O) groups is 1. The molecule has 15 heavy (non-hydrogen) atoms. The van der Waals surface area contributed by atoms with Crippen LogP contribution in [0.4, 0.5) is 0 Å². The highest BCUT2D eigenvalue weighted by molar-refractivity contribution is 5.68. The number of carboxylic acid groups (broad SMARTS) is 1. The molecule has 0 aromatic carbocycles. The molecule has 2 unspecified atom stereocenters. The molecule has 2 heterocycles. The highest BCUT2D eigenvalue weighted by Crippen LogP contribution is 2.34. The lowest BCUT2D eigenvalue weighted by molar-refractivity contribution is -0.146. The van der Waals surface area contributed by atoms with Crippen molar-refractivity contribution in [2.45, 2.75) is 50.2 Å². The molecule has 0 aromatic rings. The minimum Gasteiger partial charge on any atom is -0.481 e. The molecule has 2 rings (SSSR count). The van der Waals surface area contributed by atoms with Crippen LogP contribution in [0.5, 0.6) is 0 Å². The van der Waals surface area contributed by atoms with Crippen LogP contribution in [0.3, 0.4) is 0 Å². The average molecular weight is 213 g/mol. The molecule has 0 saturated carbocycles. The van der Waals surface area contributed by atoms with Gasteiger partial charge in [-0.1, -0.05) is 6.42 Å². The first kappa shape index (κ1) is 10.9. The predicted molar refractivity (Wildman–Crippen MR) is 55.6 cm³/mol. The van der Waals surface area contributed by atoms with Gasteiger partial charge in [0.2, 0.25) is 0 Å². The number of rotatable bonds is 2. The zero-order chi connectivity index (χ0) is 10.9. The maximum atomic E-state index is 10.7. The molecule has 2 N–H and O–H groups in total. The summed E-state index contributed by atoms with van der Waals surface area (Å²) >= 11 is 0. The topological polar surface area (TPSA) is 60.8 Å². The molecule has 86 valence electrons. The van der Waals surface area contributed by atoms with E-state index in [-0.39, 0.29) is 6.42 Å². The van der Waals surface area contributed by atoms with Crippen molar-refractivity contribution in [3.63, 3.8) is 0 Å². The molecule has 2 fully saturated rings. The molecule has 0 spiro atoms. The van der Waals surface area contributed by atoms with Gasteiger partial charge < -0.3 is 15.1 Å². The first-order valence-electron chi connectivity index (χ1n) is 5.77. The minimum absolute atomic E-state index is 0.0999. The summed E-state index contributed by atoms with van der Waals surface area (Å²) in [6, 6.07) is 0.414. The lowest BCUT2D eigenvalue weighted by atomic mass is 9.80. The van der Waals surface area contributed by atoms with Crippen LogP contribution in [-0.4, -0.2) is 45.8 Å². The molecule has 2 saturated heterocycles. The van der Waals surface area contributed by atoms with Gasteiger partial charge in [-0.3, -0.25) is 4.79 Å². The zero-order valence-electron chi connectivity index (χ0n) is 8.98. The second-order valence-corrected chi connectivity index (χ2v) is 4.93. The van der Waals surface area contributed by atoms with Crippen LogP contribution in [0.25, 0.3) is 0 Å². The van der Waals surface area contributed by atoms with Gasteiger partial charge in [0, 0.05) is 12.6 Å². The van der Waals surface area contributed by atoms with Crippen LogP contribution in [0, 0.1) is 0 Å². The molecule has 4 nitrogen and oxygen atoms in total. The van der Waals surface area contributed by atoms with Crippen molar-refractivity contribution in [3.8, 4) is 0 Å². The van der Waals surface area contributed by atoms with Gasteiger partial charge >= 0.3 is 5.97 Å². The van der Waals surface area contributed by atoms with Gasteiger partial charge in [-0.15, -0.1) is 0 Å². The fraction of sp³-hybridized carbons (Fsp3) is 0.909. The third-order valence-electron chi connectivity index (χ3n) is 3.71. The molecule has 2 aliphatic rings. The normalized spacial score (nSPS) is 37.3. The lowest BCUT2D eigenvalue weighted by Crippen LogP contribution is -2.52. The van der Waals surface area contributed by atoms with Crippen molar-refractivity contribution in [2.75, 3.05) is 13.1 Å². The predicted octanol–water partition coefficient (Wildman–Crippen LogP) is 0.840. The van der Waals surface area contributed by atoms with E-state index in [2.05, 4.69) is 4.90 Å². The maximum absolute atomic E-state index is 10.7. The molecule has 0 amide bonds. The second kappa shape index (κ2) is 4.10. The van der Waals surface area contributed by atoms with Crippen LogP contribution in [0.15, 0.2) is 0 Å². The molecule has 0 bridgehead atoms. The monoisotopic (exact) mass is 213 g/mol. The van der Waals surface area contributed by atoms with Gasteiger partial charge in [0.15, 0.2) is 0 Å². The molecule has 4 heteroatoms. The van der Waals surface area contributed by atoms with E-state index in [1.807, 2.05) is 0 Å². The van der Waals surface area contributed by atoms with Crippen molar-refractivity contribution in [1.82, 2.24) is 4.90 Å². The molecular weight excluding hydrogens is 194 g/mol. The van der Waals surface area contributed by atoms with E-state index in [0.29, 0.717) is 18.9 Å². The highest BCUT2D eigenvalue weighted by Gasteiger charge is 2.40. The van der Waals surface area contributed by atoms with Gasteiger partial charge in [0.05, 0.1) is 12.0 Å². The summed E-state index contributed by atoms with van der Waals surface area (Å²) in [7, 11) is 0. The van der Waals surface area contributed by atoms with Crippen LogP contribution < -0.4 is 0 Å². The minimum atomic E-state index is -0.954. The maximum Gasteiger partial charge on any atom is 0.306 e. The number of piperidine rings is 2. The van der Waals surface area contributed by atoms with Crippen molar-refractivity contribution in [2.24, 2.45) is 0 Å². The Kier molecular flexibility index (Phi) is 2.98.